The van der Waals surface area contributed by atoms with E-state index in [1.54, 1.807) is 0 Å². The SMILES string of the molecule is CC/C=C\C/C=C\C/C=C\C/C=C\CCC(=O)OC(COC(=O)CCCCCCCCCCC/C=C\CCCCCCCC)COP(=O)(O)OCC(O)CO. The molecule has 3 unspecified atom stereocenters. The highest BCUT2D eigenvalue weighted by Crippen LogP contribution is 2.43. The van der Waals surface area contributed by atoms with Crippen LogP contribution >= 0.6 is 7.82 Å². The molecule has 0 aliphatic carbocycles. The minimum Gasteiger partial charge on any atom is -0.462 e. The summed E-state index contributed by atoms with van der Waals surface area (Å²) in [6.07, 6.45) is 43.5. The molecule has 0 saturated heterocycles. The van der Waals surface area contributed by atoms with E-state index in [2.05, 4.69) is 67.0 Å². The Morgan fingerprint density at radius 1 is 0.564 bits per heavy atom. The molecule has 0 saturated carbocycles. The molecule has 0 bridgehead atoms. The lowest BCUT2D eigenvalue weighted by Crippen LogP contribution is -2.29. The van der Waals surface area contributed by atoms with Crippen LogP contribution in [0, 0.1) is 0 Å². The lowest BCUT2D eigenvalue weighted by Gasteiger charge is -2.20. The summed E-state index contributed by atoms with van der Waals surface area (Å²) in [7, 11) is -4.64. The van der Waals surface area contributed by atoms with E-state index in [0.29, 0.717) is 12.8 Å². The fourth-order valence-electron chi connectivity index (χ4n) is 5.41. The molecular weight excluding hydrogens is 719 g/mol. The first-order valence-electron chi connectivity index (χ1n) is 21.2. The molecule has 0 aliphatic rings. The number of hydrogen-bond donors (Lipinski definition) is 3. The zero-order chi connectivity index (χ0) is 40.5. The second kappa shape index (κ2) is 39.9. The Kier molecular flexibility index (Phi) is 38.2. The van der Waals surface area contributed by atoms with Crippen LogP contribution in [0.2, 0.25) is 0 Å². The molecule has 0 fully saturated rings. The van der Waals surface area contributed by atoms with Crippen LogP contribution in [0.1, 0.15) is 168 Å². The quantitative estimate of drug-likeness (QED) is 0.0237. The van der Waals surface area contributed by atoms with Crippen molar-refractivity contribution in [2.45, 2.75) is 180 Å². The first-order valence-corrected chi connectivity index (χ1v) is 22.7. The number of rotatable bonds is 39. The maximum absolute atomic E-state index is 12.5. The molecule has 0 aromatic heterocycles. The van der Waals surface area contributed by atoms with Crippen molar-refractivity contribution in [3.05, 3.63) is 60.8 Å². The van der Waals surface area contributed by atoms with E-state index in [1.165, 1.54) is 83.5 Å². The third-order valence-corrected chi connectivity index (χ3v) is 9.62. The minimum atomic E-state index is -4.64. The van der Waals surface area contributed by atoms with E-state index in [9.17, 15) is 24.2 Å². The number of ether oxygens (including phenoxy) is 2. The third-order valence-electron chi connectivity index (χ3n) is 8.67. The van der Waals surface area contributed by atoms with E-state index in [-0.39, 0.29) is 19.4 Å². The molecule has 3 atom stereocenters. The van der Waals surface area contributed by atoms with Crippen molar-refractivity contribution in [1.29, 1.82) is 0 Å². The Balaban J connectivity index is 4.34. The largest absolute Gasteiger partial charge is 0.472 e. The average Bonchev–Trinajstić information content (AvgIpc) is 3.17. The predicted octanol–water partition coefficient (Wildman–Crippen LogP) is 11.1. The van der Waals surface area contributed by atoms with Crippen molar-refractivity contribution in [2.75, 3.05) is 26.4 Å². The number of carbonyl (C=O) groups is 2. The number of carbonyl (C=O) groups excluding carboxylic acids is 2. The summed E-state index contributed by atoms with van der Waals surface area (Å²) >= 11 is 0. The highest BCUT2D eigenvalue weighted by molar-refractivity contribution is 7.47. The molecule has 0 heterocycles. The van der Waals surface area contributed by atoms with Crippen molar-refractivity contribution in [1.82, 2.24) is 0 Å². The van der Waals surface area contributed by atoms with Crippen LogP contribution in [-0.2, 0) is 32.7 Å². The van der Waals surface area contributed by atoms with Gasteiger partial charge in [-0.15, -0.1) is 0 Å². The lowest BCUT2D eigenvalue weighted by atomic mass is 10.1. The van der Waals surface area contributed by atoms with Crippen LogP contribution in [0.4, 0.5) is 0 Å². The summed E-state index contributed by atoms with van der Waals surface area (Å²) in [5, 5.41) is 18.3. The fraction of sp³-hybridized carbons (Fsp3) is 0.727. The summed E-state index contributed by atoms with van der Waals surface area (Å²) < 4.78 is 32.6. The zero-order valence-electron chi connectivity index (χ0n) is 34.4. The van der Waals surface area contributed by atoms with Gasteiger partial charge in [-0.05, 0) is 64.2 Å². The van der Waals surface area contributed by atoms with Crippen molar-refractivity contribution in [3.63, 3.8) is 0 Å². The monoisotopic (exact) mass is 797 g/mol. The molecule has 10 nitrogen and oxygen atoms in total. The normalized spacial score (nSPS) is 14.5. The number of aliphatic hydroxyl groups excluding tert-OH is 2. The van der Waals surface area contributed by atoms with Crippen LogP contribution < -0.4 is 0 Å². The van der Waals surface area contributed by atoms with Crippen LogP contribution in [0.3, 0.4) is 0 Å². The standard InChI is InChI=1S/C44H77O10P/c1-3-5-7-9-11-13-15-17-18-19-20-21-22-24-25-27-29-31-33-35-43(47)51-39-42(40-53-55(49,50)52-38-41(46)37-45)54-44(48)36-34-32-30-28-26-23-16-14-12-10-8-6-4-2/h6,8,12,14,17-18,23,26,30,32,41-42,45-46H,3-5,7,9-11,13,15-16,19-22,24-25,27-29,31,33-40H2,1-2H3,(H,49,50)/b8-6-,14-12-,18-17-,26-23-,32-30-. The Labute approximate surface area is 334 Å². The van der Waals surface area contributed by atoms with E-state index < -0.39 is 51.8 Å². The van der Waals surface area contributed by atoms with Crippen molar-refractivity contribution in [2.24, 2.45) is 0 Å². The number of phosphoric acid groups is 1. The van der Waals surface area contributed by atoms with E-state index in [1.807, 2.05) is 12.2 Å². The smallest absolute Gasteiger partial charge is 0.462 e. The molecule has 0 radical (unpaired) electrons. The van der Waals surface area contributed by atoms with Gasteiger partial charge in [-0.25, -0.2) is 4.57 Å². The second-order valence-electron chi connectivity index (χ2n) is 14.0. The lowest BCUT2D eigenvalue weighted by molar-refractivity contribution is -0.161. The molecule has 0 amide bonds. The second-order valence-corrected chi connectivity index (χ2v) is 15.4. The summed E-state index contributed by atoms with van der Waals surface area (Å²) in [6.45, 7) is 2.16. The molecule has 0 rings (SSSR count). The Morgan fingerprint density at radius 3 is 1.58 bits per heavy atom. The van der Waals surface area contributed by atoms with Gasteiger partial charge in [0.15, 0.2) is 6.10 Å². The van der Waals surface area contributed by atoms with Crippen LogP contribution in [0.5, 0.6) is 0 Å². The molecule has 0 spiro atoms. The third kappa shape index (κ3) is 39.7. The van der Waals surface area contributed by atoms with Gasteiger partial charge in [-0.1, -0.05) is 152 Å². The molecule has 11 heteroatoms. The van der Waals surface area contributed by atoms with Gasteiger partial charge < -0.3 is 24.6 Å². The maximum Gasteiger partial charge on any atom is 0.472 e. The number of esters is 2. The molecule has 318 valence electrons. The number of hydrogen-bond acceptors (Lipinski definition) is 9. The number of allylic oxidation sites excluding steroid dienone is 10. The summed E-state index contributed by atoms with van der Waals surface area (Å²) in [6, 6.07) is 0. The molecule has 0 aromatic rings. The average molecular weight is 797 g/mol. The summed E-state index contributed by atoms with van der Waals surface area (Å²) in [5.41, 5.74) is 0. The van der Waals surface area contributed by atoms with E-state index in [4.69, 9.17) is 19.1 Å². The topological polar surface area (TPSA) is 149 Å². The van der Waals surface area contributed by atoms with Crippen LogP contribution in [-0.4, -0.2) is 65.7 Å². The number of phosphoric ester groups is 1. The molecule has 55 heavy (non-hydrogen) atoms. The van der Waals surface area contributed by atoms with Gasteiger partial charge in [0.05, 0.1) is 19.8 Å². The van der Waals surface area contributed by atoms with Gasteiger partial charge in [-0.3, -0.25) is 18.6 Å². The summed E-state index contributed by atoms with van der Waals surface area (Å²) in [5.74, 6) is -1.02. The van der Waals surface area contributed by atoms with Crippen molar-refractivity contribution >= 4 is 19.8 Å². The summed E-state index contributed by atoms with van der Waals surface area (Å²) in [4.78, 5) is 34.9. The van der Waals surface area contributed by atoms with E-state index >= 15 is 0 Å². The zero-order valence-corrected chi connectivity index (χ0v) is 35.3. The first kappa shape index (κ1) is 52.7. The number of aliphatic hydroxyl groups is 2. The Hall–Kier alpha value is -2.33. The van der Waals surface area contributed by atoms with Gasteiger partial charge in [0.1, 0.15) is 12.7 Å². The van der Waals surface area contributed by atoms with Crippen LogP contribution in [0.25, 0.3) is 0 Å². The van der Waals surface area contributed by atoms with Gasteiger partial charge in [0, 0.05) is 12.8 Å². The fourth-order valence-corrected chi connectivity index (χ4v) is 6.20. The highest BCUT2D eigenvalue weighted by Gasteiger charge is 2.27. The van der Waals surface area contributed by atoms with Gasteiger partial charge >= 0.3 is 19.8 Å². The Morgan fingerprint density at radius 2 is 1.04 bits per heavy atom. The molecular formula is C44H77O10P. The predicted molar refractivity (Wildman–Crippen MR) is 224 cm³/mol. The molecule has 0 aromatic carbocycles. The first-order chi connectivity index (χ1) is 26.7. The van der Waals surface area contributed by atoms with Crippen LogP contribution in [0.15, 0.2) is 60.8 Å². The minimum absolute atomic E-state index is 0.0609. The highest BCUT2D eigenvalue weighted by atomic mass is 31.2. The van der Waals surface area contributed by atoms with Gasteiger partial charge in [0.2, 0.25) is 0 Å². The molecule has 3 N–H and O–H groups in total. The van der Waals surface area contributed by atoms with Gasteiger partial charge in [-0.2, -0.15) is 0 Å². The van der Waals surface area contributed by atoms with Gasteiger partial charge in [0.25, 0.3) is 0 Å². The van der Waals surface area contributed by atoms with Crippen molar-refractivity contribution in [3.8, 4) is 0 Å². The van der Waals surface area contributed by atoms with Crippen molar-refractivity contribution < 1.29 is 47.8 Å². The maximum atomic E-state index is 12.5. The Bertz CT molecular complexity index is 1100. The van der Waals surface area contributed by atoms with E-state index in [0.717, 1.165) is 44.9 Å². The molecule has 0 aliphatic heterocycles. The number of unbranched alkanes of at least 4 members (excludes halogenated alkanes) is 15.